The van der Waals surface area contributed by atoms with Crippen LogP contribution in [-0.4, -0.2) is 28.6 Å². The Hall–Kier alpha value is -2.31. The zero-order valence-electron chi connectivity index (χ0n) is 13.8. The van der Waals surface area contributed by atoms with Gasteiger partial charge in [0.15, 0.2) is 5.82 Å². The lowest BCUT2D eigenvalue weighted by Crippen LogP contribution is -2.42. The molecule has 1 fully saturated rings. The molecule has 0 radical (unpaired) electrons. The highest BCUT2D eigenvalue weighted by Crippen LogP contribution is 2.31. The van der Waals surface area contributed by atoms with Crippen molar-refractivity contribution in [3.8, 4) is 11.4 Å². The van der Waals surface area contributed by atoms with Gasteiger partial charge in [0.05, 0.1) is 12.6 Å². The largest absolute Gasteiger partial charge is 0.367 e. The Morgan fingerprint density at radius 3 is 2.60 bits per heavy atom. The van der Waals surface area contributed by atoms with Crippen LogP contribution < -0.4 is 4.90 Å². The van der Waals surface area contributed by atoms with E-state index in [1.807, 2.05) is 37.3 Å². The van der Waals surface area contributed by atoms with E-state index < -0.39 is 0 Å². The molecular weight excluding hydrogens is 337 g/mol. The van der Waals surface area contributed by atoms with Gasteiger partial charge in [-0.15, -0.1) is 0 Å². The molecule has 0 bridgehead atoms. The third-order valence-corrected chi connectivity index (χ3v) is 5.00. The van der Waals surface area contributed by atoms with Crippen molar-refractivity contribution in [2.75, 3.05) is 18.0 Å². The van der Waals surface area contributed by atoms with Crippen LogP contribution in [0, 0.1) is 5.82 Å². The van der Waals surface area contributed by atoms with E-state index >= 15 is 0 Å². The molecule has 0 spiro atoms. The van der Waals surface area contributed by atoms with Crippen LogP contribution in [0.25, 0.3) is 11.4 Å². The van der Waals surface area contributed by atoms with Gasteiger partial charge >= 0.3 is 0 Å². The number of hydrogen-bond acceptors (Lipinski definition) is 5. The summed E-state index contributed by atoms with van der Waals surface area (Å²) in [5.41, 5.74) is 1.99. The molecule has 0 saturated carbocycles. The van der Waals surface area contributed by atoms with Crippen LogP contribution in [0.15, 0.2) is 54.6 Å². The van der Waals surface area contributed by atoms with Crippen LogP contribution in [-0.2, 0) is 4.74 Å². The van der Waals surface area contributed by atoms with Crippen LogP contribution in [0.2, 0.25) is 0 Å². The molecule has 1 aliphatic rings. The van der Waals surface area contributed by atoms with E-state index in [1.54, 1.807) is 12.1 Å². The molecule has 2 heterocycles. The summed E-state index contributed by atoms with van der Waals surface area (Å²) < 4.78 is 23.7. The molecule has 128 valence electrons. The second-order valence-electron chi connectivity index (χ2n) is 6.16. The highest BCUT2D eigenvalue weighted by Gasteiger charge is 2.28. The Kier molecular flexibility index (Phi) is 4.46. The smallest absolute Gasteiger partial charge is 0.205 e. The van der Waals surface area contributed by atoms with Gasteiger partial charge in [0.25, 0.3) is 0 Å². The van der Waals surface area contributed by atoms with Crippen LogP contribution >= 0.6 is 11.5 Å². The molecule has 6 heteroatoms. The number of hydrogen-bond donors (Lipinski definition) is 0. The topological polar surface area (TPSA) is 38.2 Å². The summed E-state index contributed by atoms with van der Waals surface area (Å²) in [6.45, 7) is 3.49. The molecule has 2 aromatic carbocycles. The second kappa shape index (κ2) is 6.90. The Balaban J connectivity index is 1.56. The Morgan fingerprint density at radius 2 is 1.84 bits per heavy atom. The van der Waals surface area contributed by atoms with Crippen molar-refractivity contribution in [1.29, 1.82) is 0 Å². The molecule has 0 N–H and O–H groups in total. The minimum Gasteiger partial charge on any atom is -0.367 e. The number of morpholine rings is 1. The maximum atomic E-state index is 13.2. The van der Waals surface area contributed by atoms with E-state index in [0.29, 0.717) is 6.54 Å². The van der Waals surface area contributed by atoms with E-state index in [2.05, 4.69) is 9.27 Å². The zero-order valence-corrected chi connectivity index (χ0v) is 14.6. The van der Waals surface area contributed by atoms with E-state index in [9.17, 15) is 4.39 Å². The summed E-state index contributed by atoms with van der Waals surface area (Å²) in [6.07, 6.45) is -0.0405. The minimum absolute atomic E-state index is 0.0629. The first-order chi connectivity index (χ1) is 12.2. The quantitative estimate of drug-likeness (QED) is 0.702. The summed E-state index contributed by atoms with van der Waals surface area (Å²) in [5, 5.41) is 0.890. The SMILES string of the molecule is CC1CN(c2nc(-c3ccccc3)ns2)CC(c2ccc(F)cc2)O1. The molecule has 1 aliphatic heterocycles. The fraction of sp³-hybridized carbons (Fsp3) is 0.263. The van der Waals surface area contributed by atoms with Crippen molar-refractivity contribution < 1.29 is 9.13 Å². The van der Waals surface area contributed by atoms with Gasteiger partial charge in [-0.3, -0.25) is 0 Å². The molecule has 0 aliphatic carbocycles. The lowest BCUT2D eigenvalue weighted by Gasteiger charge is -2.36. The molecule has 4 nitrogen and oxygen atoms in total. The average Bonchev–Trinajstić information content (AvgIpc) is 3.13. The predicted molar refractivity (Wildman–Crippen MR) is 97.2 cm³/mol. The van der Waals surface area contributed by atoms with Gasteiger partial charge in [-0.2, -0.15) is 9.36 Å². The van der Waals surface area contributed by atoms with E-state index in [-0.39, 0.29) is 18.0 Å². The molecule has 25 heavy (non-hydrogen) atoms. The summed E-state index contributed by atoms with van der Waals surface area (Å²) in [6, 6.07) is 16.5. The van der Waals surface area contributed by atoms with Crippen molar-refractivity contribution in [1.82, 2.24) is 9.36 Å². The summed E-state index contributed by atoms with van der Waals surface area (Å²) in [5.74, 6) is 0.513. The van der Waals surface area contributed by atoms with Crippen LogP contribution in [0.4, 0.5) is 9.52 Å². The molecule has 2 unspecified atom stereocenters. The van der Waals surface area contributed by atoms with E-state index in [1.165, 1.54) is 23.7 Å². The number of aromatic nitrogens is 2. The Morgan fingerprint density at radius 1 is 1.08 bits per heavy atom. The zero-order chi connectivity index (χ0) is 17.2. The Bertz CT molecular complexity index is 837. The fourth-order valence-electron chi connectivity index (χ4n) is 3.02. The van der Waals surface area contributed by atoms with Crippen molar-refractivity contribution in [2.24, 2.45) is 0 Å². The minimum atomic E-state index is -0.235. The summed E-state index contributed by atoms with van der Waals surface area (Å²) >= 11 is 1.40. The van der Waals surface area contributed by atoms with Gasteiger partial charge in [-0.25, -0.2) is 4.39 Å². The van der Waals surface area contributed by atoms with Crippen molar-refractivity contribution in [3.05, 3.63) is 66.0 Å². The maximum Gasteiger partial charge on any atom is 0.205 e. The molecule has 0 amide bonds. The van der Waals surface area contributed by atoms with Gasteiger partial charge in [-0.05, 0) is 24.6 Å². The predicted octanol–water partition coefficient (Wildman–Crippen LogP) is 4.31. The van der Waals surface area contributed by atoms with Crippen molar-refractivity contribution in [3.63, 3.8) is 0 Å². The Labute approximate surface area is 150 Å². The van der Waals surface area contributed by atoms with Gasteiger partial charge in [0.1, 0.15) is 11.9 Å². The molecule has 1 saturated heterocycles. The standard InChI is InChI=1S/C19H18FN3OS/c1-13-11-23(12-17(24-13)14-7-9-16(20)10-8-14)19-21-18(22-25-19)15-5-3-2-4-6-15/h2-10,13,17H,11-12H2,1H3. The molecule has 3 aromatic rings. The van der Waals surface area contributed by atoms with Crippen LogP contribution in [0.3, 0.4) is 0 Å². The first-order valence-corrected chi connectivity index (χ1v) is 9.01. The highest BCUT2D eigenvalue weighted by atomic mass is 32.1. The number of ether oxygens (including phenoxy) is 1. The fourth-order valence-corrected chi connectivity index (χ4v) is 3.72. The van der Waals surface area contributed by atoms with Gasteiger partial charge in [-0.1, -0.05) is 42.5 Å². The summed E-state index contributed by atoms with van der Waals surface area (Å²) in [7, 11) is 0. The van der Waals surface area contributed by atoms with E-state index in [4.69, 9.17) is 9.72 Å². The highest BCUT2D eigenvalue weighted by molar-refractivity contribution is 7.09. The number of anilines is 1. The normalized spacial score (nSPS) is 20.6. The molecular formula is C19H18FN3OS. The second-order valence-corrected chi connectivity index (χ2v) is 6.89. The van der Waals surface area contributed by atoms with Crippen LogP contribution in [0.5, 0.6) is 0 Å². The first kappa shape index (κ1) is 16.2. The van der Waals surface area contributed by atoms with E-state index in [0.717, 1.165) is 28.6 Å². The lowest BCUT2D eigenvalue weighted by atomic mass is 10.1. The molecule has 4 rings (SSSR count). The average molecular weight is 355 g/mol. The molecule has 2 atom stereocenters. The van der Waals surface area contributed by atoms with Crippen LogP contribution in [0.1, 0.15) is 18.6 Å². The van der Waals surface area contributed by atoms with Gasteiger partial charge < -0.3 is 9.64 Å². The number of nitrogens with zero attached hydrogens (tertiary/aromatic N) is 3. The van der Waals surface area contributed by atoms with Gasteiger partial charge in [0, 0.05) is 23.6 Å². The van der Waals surface area contributed by atoms with Gasteiger partial charge in [0.2, 0.25) is 5.13 Å². The number of halogens is 1. The number of benzene rings is 2. The maximum absolute atomic E-state index is 13.2. The molecule has 1 aromatic heterocycles. The van der Waals surface area contributed by atoms with Crippen molar-refractivity contribution in [2.45, 2.75) is 19.1 Å². The third kappa shape index (κ3) is 3.55. The summed E-state index contributed by atoms with van der Waals surface area (Å²) in [4.78, 5) is 6.90. The van der Waals surface area contributed by atoms with Crippen molar-refractivity contribution >= 4 is 16.7 Å². The monoisotopic (exact) mass is 355 g/mol. The lowest BCUT2D eigenvalue weighted by molar-refractivity contribution is -0.0174. The first-order valence-electron chi connectivity index (χ1n) is 8.24. The third-order valence-electron chi connectivity index (χ3n) is 4.22. The number of rotatable bonds is 3.